The highest BCUT2D eigenvalue weighted by Gasteiger charge is 2.26. The molecule has 0 spiro atoms. The van der Waals surface area contributed by atoms with Gasteiger partial charge in [-0.1, -0.05) is 44.2 Å². The van der Waals surface area contributed by atoms with E-state index in [1.54, 1.807) is 0 Å². The van der Waals surface area contributed by atoms with Gasteiger partial charge in [-0.2, -0.15) is 11.8 Å². The molecule has 2 rings (SSSR count). The molecular weight excluding hydrogens is 264 g/mol. The summed E-state index contributed by atoms with van der Waals surface area (Å²) in [4.78, 5) is 2.71. The molecule has 112 valence electrons. The Kier molecular flexibility index (Phi) is 6.91. The Morgan fingerprint density at radius 3 is 2.75 bits per heavy atom. The predicted octanol–water partition coefficient (Wildman–Crippen LogP) is 3.03. The van der Waals surface area contributed by atoms with Crippen LogP contribution in [0.5, 0.6) is 0 Å². The summed E-state index contributed by atoms with van der Waals surface area (Å²) >= 11 is 2.06. The summed E-state index contributed by atoms with van der Waals surface area (Å²) in [6, 6.07) is 12.2. The smallest absolute Gasteiger partial charge is 0.0262 e. The van der Waals surface area contributed by atoms with Gasteiger partial charge in [0, 0.05) is 37.5 Å². The minimum atomic E-state index is 0.651. The van der Waals surface area contributed by atoms with E-state index in [1.165, 1.54) is 43.0 Å². The second-order valence-electron chi connectivity index (χ2n) is 5.55. The molecule has 1 fully saturated rings. The second kappa shape index (κ2) is 8.71. The van der Waals surface area contributed by atoms with Gasteiger partial charge in [0.1, 0.15) is 0 Å². The molecule has 1 aromatic carbocycles. The zero-order valence-electron chi connectivity index (χ0n) is 12.8. The maximum atomic E-state index is 3.71. The minimum Gasteiger partial charge on any atom is -0.311 e. The number of hydrogen-bond donors (Lipinski definition) is 1. The van der Waals surface area contributed by atoms with Gasteiger partial charge in [0.05, 0.1) is 0 Å². The van der Waals surface area contributed by atoms with E-state index in [0.717, 1.165) is 6.54 Å². The van der Waals surface area contributed by atoms with Crippen LogP contribution in [0.1, 0.15) is 25.8 Å². The predicted molar refractivity (Wildman–Crippen MR) is 90.6 cm³/mol. The van der Waals surface area contributed by atoms with Gasteiger partial charge in [0.25, 0.3) is 0 Å². The molecule has 0 bridgehead atoms. The topological polar surface area (TPSA) is 15.3 Å². The van der Waals surface area contributed by atoms with Crippen LogP contribution < -0.4 is 5.32 Å². The summed E-state index contributed by atoms with van der Waals surface area (Å²) in [6.07, 6.45) is 2.40. The number of piperazine rings is 1. The molecule has 2 nitrogen and oxygen atoms in total. The molecule has 0 aromatic heterocycles. The summed E-state index contributed by atoms with van der Waals surface area (Å²) in [5.74, 6) is 2.49. The number of nitrogens with zero attached hydrogens (tertiary/aromatic N) is 1. The van der Waals surface area contributed by atoms with E-state index >= 15 is 0 Å². The number of rotatable bonds is 7. The summed E-state index contributed by atoms with van der Waals surface area (Å²) in [6.45, 7) is 8.10. The van der Waals surface area contributed by atoms with Gasteiger partial charge >= 0.3 is 0 Å². The average molecular weight is 292 g/mol. The summed E-state index contributed by atoms with van der Waals surface area (Å²) < 4.78 is 0. The van der Waals surface area contributed by atoms with Crippen LogP contribution in [0.15, 0.2) is 30.3 Å². The Balaban J connectivity index is 1.93. The van der Waals surface area contributed by atoms with Gasteiger partial charge in [-0.05, 0) is 24.2 Å². The monoisotopic (exact) mass is 292 g/mol. The zero-order valence-corrected chi connectivity index (χ0v) is 13.7. The van der Waals surface area contributed by atoms with Crippen molar-refractivity contribution < 1.29 is 0 Å². The van der Waals surface area contributed by atoms with E-state index in [0.29, 0.717) is 12.1 Å². The molecule has 1 aliphatic heterocycles. The number of thioether (sulfide) groups is 1. The molecule has 20 heavy (non-hydrogen) atoms. The highest BCUT2D eigenvalue weighted by molar-refractivity contribution is 7.99. The van der Waals surface area contributed by atoms with Crippen molar-refractivity contribution in [2.45, 2.75) is 38.8 Å². The third kappa shape index (κ3) is 4.80. The van der Waals surface area contributed by atoms with E-state index in [2.05, 4.69) is 66.2 Å². The van der Waals surface area contributed by atoms with E-state index < -0.39 is 0 Å². The second-order valence-corrected chi connectivity index (χ2v) is 6.94. The van der Waals surface area contributed by atoms with Crippen molar-refractivity contribution >= 4 is 11.8 Å². The quantitative estimate of drug-likeness (QED) is 0.778. The normalized spacial score (nSPS) is 23.9. The Hall–Kier alpha value is -0.510. The fourth-order valence-corrected chi connectivity index (χ4v) is 3.54. The van der Waals surface area contributed by atoms with E-state index in [4.69, 9.17) is 0 Å². The molecule has 3 heteroatoms. The van der Waals surface area contributed by atoms with Gasteiger partial charge in [-0.25, -0.2) is 0 Å². The maximum absolute atomic E-state index is 3.71. The van der Waals surface area contributed by atoms with Crippen molar-refractivity contribution in [2.75, 3.05) is 31.1 Å². The first-order valence-electron chi connectivity index (χ1n) is 7.92. The van der Waals surface area contributed by atoms with Crippen molar-refractivity contribution in [3.8, 4) is 0 Å². The Labute approximate surface area is 128 Å². The van der Waals surface area contributed by atoms with Gasteiger partial charge in [0.2, 0.25) is 0 Å². The lowest BCUT2D eigenvalue weighted by Crippen LogP contribution is -2.57. The minimum absolute atomic E-state index is 0.651. The van der Waals surface area contributed by atoms with Crippen molar-refractivity contribution in [3.05, 3.63) is 35.9 Å². The van der Waals surface area contributed by atoms with Crippen LogP contribution in [0.4, 0.5) is 0 Å². The first-order chi connectivity index (χ1) is 9.83. The third-order valence-corrected chi connectivity index (χ3v) is 5.03. The molecule has 1 saturated heterocycles. The van der Waals surface area contributed by atoms with Crippen molar-refractivity contribution in [1.29, 1.82) is 0 Å². The van der Waals surface area contributed by atoms with Crippen LogP contribution in [0.2, 0.25) is 0 Å². The van der Waals surface area contributed by atoms with Crippen LogP contribution in [0, 0.1) is 0 Å². The molecular formula is C17H28N2S. The van der Waals surface area contributed by atoms with E-state index in [-0.39, 0.29) is 0 Å². The lowest BCUT2D eigenvalue weighted by molar-refractivity contribution is 0.136. The van der Waals surface area contributed by atoms with Crippen molar-refractivity contribution in [1.82, 2.24) is 10.2 Å². The van der Waals surface area contributed by atoms with Crippen LogP contribution in [-0.4, -0.2) is 48.1 Å². The van der Waals surface area contributed by atoms with Crippen LogP contribution in [0.3, 0.4) is 0 Å². The Morgan fingerprint density at radius 2 is 2.05 bits per heavy atom. The molecule has 1 aliphatic rings. The molecule has 1 heterocycles. The fourth-order valence-electron chi connectivity index (χ4n) is 2.89. The number of hydrogen-bond acceptors (Lipinski definition) is 3. The summed E-state index contributed by atoms with van der Waals surface area (Å²) in [7, 11) is 0. The summed E-state index contributed by atoms with van der Waals surface area (Å²) in [5, 5.41) is 3.71. The lowest BCUT2D eigenvalue weighted by Gasteiger charge is -2.40. The number of nitrogens with one attached hydrogen (secondary N) is 1. The third-order valence-electron chi connectivity index (χ3n) is 4.15. The van der Waals surface area contributed by atoms with Gasteiger partial charge in [0.15, 0.2) is 0 Å². The molecule has 0 radical (unpaired) electrons. The highest BCUT2D eigenvalue weighted by atomic mass is 32.2. The van der Waals surface area contributed by atoms with Crippen LogP contribution in [0.25, 0.3) is 0 Å². The molecule has 1 N–H and O–H groups in total. The Morgan fingerprint density at radius 1 is 1.25 bits per heavy atom. The fraction of sp³-hybridized carbons (Fsp3) is 0.647. The molecule has 0 amide bonds. The van der Waals surface area contributed by atoms with Crippen LogP contribution >= 0.6 is 11.8 Å². The average Bonchev–Trinajstić information content (AvgIpc) is 2.50. The van der Waals surface area contributed by atoms with Crippen molar-refractivity contribution in [3.63, 3.8) is 0 Å². The largest absolute Gasteiger partial charge is 0.311 e. The first-order valence-corrected chi connectivity index (χ1v) is 9.08. The molecule has 2 atom stereocenters. The van der Waals surface area contributed by atoms with Gasteiger partial charge in [-0.15, -0.1) is 0 Å². The molecule has 1 aromatic rings. The molecule has 2 unspecified atom stereocenters. The van der Waals surface area contributed by atoms with E-state index in [1.807, 2.05) is 0 Å². The Bertz CT molecular complexity index is 369. The molecule has 0 aliphatic carbocycles. The highest BCUT2D eigenvalue weighted by Crippen LogP contribution is 2.15. The lowest BCUT2D eigenvalue weighted by atomic mass is 10.0. The van der Waals surface area contributed by atoms with E-state index in [9.17, 15) is 0 Å². The standard InChI is InChI=1S/C17H28N2S/c1-3-16-14-19(10-11-20-4-2)17(13-18-16)12-15-8-6-5-7-9-15/h5-9,16-18H,3-4,10-14H2,1-2H3. The van der Waals surface area contributed by atoms with Crippen molar-refractivity contribution in [2.24, 2.45) is 0 Å². The van der Waals surface area contributed by atoms with Gasteiger partial charge in [-0.3, -0.25) is 4.90 Å². The summed E-state index contributed by atoms with van der Waals surface area (Å²) in [5.41, 5.74) is 1.46. The zero-order chi connectivity index (χ0) is 14.2. The maximum Gasteiger partial charge on any atom is 0.0262 e. The number of benzene rings is 1. The van der Waals surface area contributed by atoms with Crippen LogP contribution in [-0.2, 0) is 6.42 Å². The first kappa shape index (κ1) is 15.9. The molecule has 0 saturated carbocycles. The van der Waals surface area contributed by atoms with Gasteiger partial charge < -0.3 is 5.32 Å². The SMILES string of the molecule is CCSCCN1CC(CC)NCC1Cc1ccccc1.